The van der Waals surface area contributed by atoms with Crippen LogP contribution in [-0.2, 0) is 0 Å². The minimum absolute atomic E-state index is 0.752. The molecule has 1 fully saturated rings. The van der Waals surface area contributed by atoms with E-state index in [1.165, 1.54) is 69.8 Å². The topological polar surface area (TPSA) is 12.4 Å². The van der Waals surface area contributed by atoms with Gasteiger partial charge in [0.1, 0.15) is 0 Å². The van der Waals surface area contributed by atoms with Crippen LogP contribution in [0, 0.1) is 5.92 Å². The second-order valence-electron chi connectivity index (χ2n) is 6.72. The molecule has 0 heterocycles. The van der Waals surface area contributed by atoms with E-state index in [9.17, 15) is 0 Å². The van der Waals surface area contributed by atoms with Crippen molar-refractivity contribution in [3.05, 3.63) is 29.8 Å². The molecule has 0 unspecified atom stereocenters. The van der Waals surface area contributed by atoms with E-state index in [0.29, 0.717) is 0 Å². The summed E-state index contributed by atoms with van der Waals surface area (Å²) in [5.74, 6) is 1.73. The summed E-state index contributed by atoms with van der Waals surface area (Å²) in [5.41, 5.74) is 2.39. The van der Waals surface area contributed by atoms with Crippen LogP contribution in [0.5, 0.6) is 0 Å². The first-order chi connectivity index (χ1) is 10.8. The number of hydrogen-bond acceptors (Lipinski definition) is 2. The molecule has 1 aromatic rings. The van der Waals surface area contributed by atoms with Crippen molar-refractivity contribution in [2.45, 2.75) is 77.0 Å². The zero-order valence-electron chi connectivity index (χ0n) is 13.9. The summed E-state index contributed by atoms with van der Waals surface area (Å²) in [6.07, 6.45) is 14.1. The normalized spacial score (nSPS) is 21.3. The third-order valence-electron chi connectivity index (χ3n) is 5.10. The average Bonchev–Trinajstić information content (AvgIpc) is 2.56. The van der Waals surface area contributed by atoms with Crippen LogP contribution in [-0.4, -0.2) is 5.16 Å². The Morgan fingerprint density at radius 1 is 1.00 bits per heavy atom. The van der Waals surface area contributed by atoms with Crippen LogP contribution in [0.2, 0.25) is 0 Å². The summed E-state index contributed by atoms with van der Waals surface area (Å²) in [4.78, 5) is 4.02. The third-order valence-corrected chi connectivity index (χ3v) is 5.19. The maximum absolute atomic E-state index is 4.65. The Kier molecular flexibility index (Phi) is 7.83. The number of aliphatic imine (C=N–C) groups is 1. The summed E-state index contributed by atoms with van der Waals surface area (Å²) < 4.78 is 0. The van der Waals surface area contributed by atoms with E-state index < -0.39 is 0 Å². The van der Waals surface area contributed by atoms with E-state index in [4.69, 9.17) is 0 Å². The molecule has 1 saturated carbocycles. The molecule has 0 aliphatic heterocycles. The molecule has 1 aliphatic rings. The quantitative estimate of drug-likeness (QED) is 0.284. The molecule has 0 N–H and O–H groups in total. The molecule has 1 aliphatic carbocycles. The maximum Gasteiger partial charge on any atom is 0.0739 e. The van der Waals surface area contributed by atoms with Crippen molar-refractivity contribution in [1.29, 1.82) is 0 Å². The molecule has 0 radical (unpaired) electrons. The lowest BCUT2D eigenvalue weighted by Crippen LogP contribution is -2.13. The van der Waals surface area contributed by atoms with E-state index in [-0.39, 0.29) is 0 Å². The Labute approximate surface area is 141 Å². The van der Waals surface area contributed by atoms with E-state index in [0.717, 1.165) is 17.5 Å². The average molecular weight is 316 g/mol. The zero-order valence-corrected chi connectivity index (χ0v) is 14.7. The number of hydrogen-bond donors (Lipinski definition) is 0. The monoisotopic (exact) mass is 315 g/mol. The van der Waals surface area contributed by atoms with Gasteiger partial charge in [-0.3, -0.25) is 0 Å². The number of unbranched alkanes of at least 4 members (excludes halogenated alkanes) is 4. The first kappa shape index (κ1) is 17.4. The predicted molar refractivity (Wildman–Crippen MR) is 99.2 cm³/mol. The van der Waals surface area contributed by atoms with Gasteiger partial charge in [0.2, 0.25) is 0 Å². The van der Waals surface area contributed by atoms with E-state index in [2.05, 4.69) is 53.6 Å². The molecule has 2 rings (SSSR count). The van der Waals surface area contributed by atoms with Gasteiger partial charge in [0.25, 0.3) is 0 Å². The predicted octanol–water partition coefficient (Wildman–Crippen LogP) is 7.06. The highest BCUT2D eigenvalue weighted by atomic mass is 32.1. The molecule has 1 aromatic carbocycles. The molecule has 120 valence electrons. The molecule has 0 atom stereocenters. The molecular formula is C20H29NS. The van der Waals surface area contributed by atoms with Gasteiger partial charge in [0, 0.05) is 0 Å². The zero-order chi connectivity index (χ0) is 15.6. The fourth-order valence-corrected chi connectivity index (χ4v) is 3.80. The summed E-state index contributed by atoms with van der Waals surface area (Å²) in [6, 6.07) is 8.57. The van der Waals surface area contributed by atoms with Crippen LogP contribution in [0.1, 0.15) is 82.6 Å². The smallest absolute Gasteiger partial charge is 0.0739 e. The highest BCUT2D eigenvalue weighted by molar-refractivity contribution is 7.78. The molecule has 0 spiro atoms. The van der Waals surface area contributed by atoms with Gasteiger partial charge in [0.05, 0.1) is 10.8 Å². The highest BCUT2D eigenvalue weighted by Gasteiger charge is 2.21. The summed E-state index contributed by atoms with van der Waals surface area (Å²) in [6.45, 7) is 2.29. The van der Waals surface area contributed by atoms with Crippen molar-refractivity contribution in [3.63, 3.8) is 0 Å². The lowest BCUT2D eigenvalue weighted by atomic mass is 9.77. The fourth-order valence-electron chi connectivity index (χ4n) is 3.69. The molecule has 0 saturated heterocycles. The van der Waals surface area contributed by atoms with Crippen molar-refractivity contribution in [1.82, 2.24) is 0 Å². The van der Waals surface area contributed by atoms with E-state index >= 15 is 0 Å². The van der Waals surface area contributed by atoms with Gasteiger partial charge in [-0.25, -0.2) is 0 Å². The van der Waals surface area contributed by atoms with Crippen molar-refractivity contribution >= 4 is 23.1 Å². The standard InChI is InChI=1S/C20H29NS/c1-2-3-4-5-6-7-17-8-10-18(11-9-17)19-12-14-20(15-13-19)21-16-22/h12-15,17-18H,2-11H2,1H3/t17-,18-. The third kappa shape index (κ3) is 5.66. The van der Waals surface area contributed by atoms with Gasteiger partial charge in [-0.15, -0.1) is 0 Å². The number of isothiocyanates is 1. The van der Waals surface area contributed by atoms with Crippen molar-refractivity contribution < 1.29 is 0 Å². The Balaban J connectivity index is 1.71. The molecule has 1 nitrogen and oxygen atoms in total. The van der Waals surface area contributed by atoms with Crippen LogP contribution in [0.25, 0.3) is 0 Å². The van der Waals surface area contributed by atoms with E-state index in [1.807, 2.05) is 0 Å². The number of nitrogens with zero attached hydrogens (tertiary/aromatic N) is 1. The van der Waals surface area contributed by atoms with Crippen molar-refractivity contribution in [2.24, 2.45) is 10.9 Å². The van der Waals surface area contributed by atoms with Gasteiger partial charge >= 0.3 is 0 Å². The van der Waals surface area contributed by atoms with Gasteiger partial charge in [0.15, 0.2) is 0 Å². The Morgan fingerprint density at radius 3 is 2.32 bits per heavy atom. The summed E-state index contributed by atoms with van der Waals surface area (Å²) in [5, 5.41) is 2.43. The first-order valence-electron chi connectivity index (χ1n) is 9.01. The summed E-state index contributed by atoms with van der Waals surface area (Å²) >= 11 is 4.65. The summed E-state index contributed by atoms with van der Waals surface area (Å²) in [7, 11) is 0. The van der Waals surface area contributed by atoms with Crippen molar-refractivity contribution in [3.8, 4) is 0 Å². The van der Waals surface area contributed by atoms with Crippen LogP contribution in [0.15, 0.2) is 29.3 Å². The number of thiocarbonyl (C=S) groups is 1. The van der Waals surface area contributed by atoms with Crippen LogP contribution < -0.4 is 0 Å². The van der Waals surface area contributed by atoms with Gasteiger partial charge in [-0.2, -0.15) is 4.99 Å². The number of benzene rings is 1. The molecule has 22 heavy (non-hydrogen) atoms. The number of rotatable bonds is 8. The molecular weight excluding hydrogens is 286 g/mol. The van der Waals surface area contributed by atoms with Gasteiger partial charge < -0.3 is 0 Å². The second kappa shape index (κ2) is 9.92. The Hall–Kier alpha value is -0.980. The second-order valence-corrected chi connectivity index (χ2v) is 6.90. The lowest BCUT2D eigenvalue weighted by molar-refractivity contribution is 0.302. The minimum atomic E-state index is 0.752. The largest absolute Gasteiger partial charge is 0.195 e. The fraction of sp³-hybridized carbons (Fsp3) is 0.650. The molecule has 2 heteroatoms. The van der Waals surface area contributed by atoms with Crippen LogP contribution in [0.3, 0.4) is 0 Å². The van der Waals surface area contributed by atoms with E-state index in [1.54, 1.807) is 0 Å². The molecule has 0 aromatic heterocycles. The van der Waals surface area contributed by atoms with Crippen molar-refractivity contribution in [2.75, 3.05) is 0 Å². The highest BCUT2D eigenvalue weighted by Crippen LogP contribution is 2.38. The SMILES string of the molecule is CCCCCCC[C@H]1CC[C@H](c2ccc(N=C=S)cc2)CC1. The lowest BCUT2D eigenvalue weighted by Gasteiger charge is -2.29. The Bertz CT molecular complexity index is 465. The van der Waals surface area contributed by atoms with Gasteiger partial charge in [-0.1, -0.05) is 57.6 Å². The van der Waals surface area contributed by atoms with Crippen LogP contribution >= 0.6 is 12.2 Å². The maximum atomic E-state index is 4.65. The van der Waals surface area contributed by atoms with Crippen LogP contribution in [0.4, 0.5) is 5.69 Å². The molecule has 0 amide bonds. The minimum Gasteiger partial charge on any atom is -0.195 e. The van der Waals surface area contributed by atoms with Gasteiger partial charge in [-0.05, 0) is 67.4 Å². The Morgan fingerprint density at radius 2 is 1.68 bits per heavy atom. The first-order valence-corrected chi connectivity index (χ1v) is 9.42. The molecule has 0 bridgehead atoms.